The number of benzene rings is 1. The molecule has 2 aromatic rings. The van der Waals surface area contributed by atoms with E-state index in [-0.39, 0.29) is 17.8 Å². The molecule has 1 aliphatic rings. The van der Waals surface area contributed by atoms with Crippen molar-refractivity contribution in [1.82, 2.24) is 0 Å². The topological polar surface area (TPSA) is 73.9 Å². The molecule has 1 aromatic carbocycles. The highest BCUT2D eigenvalue weighted by molar-refractivity contribution is 7.17. The third-order valence-electron chi connectivity index (χ3n) is 5.27. The number of nitrogens with one attached hydrogen (secondary N) is 1. The van der Waals surface area contributed by atoms with Crippen LogP contribution >= 0.6 is 11.3 Å². The van der Waals surface area contributed by atoms with Gasteiger partial charge in [0.05, 0.1) is 25.4 Å². The molecule has 1 N–H and O–H groups in total. The fraction of sp³-hybridized carbons (Fsp3) is 0.440. The Bertz CT molecular complexity index is 994. The summed E-state index contributed by atoms with van der Waals surface area (Å²) in [7, 11) is 0. The zero-order chi connectivity index (χ0) is 23.1. The molecule has 0 aliphatic heterocycles. The quantitative estimate of drug-likeness (QED) is 0.380. The lowest BCUT2D eigenvalue weighted by molar-refractivity contribution is -0.111. The minimum absolute atomic E-state index is 0.274. The van der Waals surface area contributed by atoms with E-state index < -0.39 is 0 Å². The fourth-order valence-electron chi connectivity index (χ4n) is 3.90. The molecule has 0 radical (unpaired) electrons. The average Bonchev–Trinajstić information content (AvgIpc) is 3.13. The van der Waals surface area contributed by atoms with Crippen molar-refractivity contribution in [2.45, 2.75) is 52.9 Å². The molecule has 6 nitrogen and oxygen atoms in total. The number of amides is 1. The smallest absolute Gasteiger partial charge is 0.341 e. The number of aryl methyl sites for hydroxylation is 1. The number of fused-ring (bicyclic) bond motifs is 1. The Hall–Kier alpha value is -2.80. The maximum absolute atomic E-state index is 12.7. The lowest BCUT2D eigenvalue weighted by Gasteiger charge is -2.19. The normalized spacial score (nSPS) is 15.3. The second kappa shape index (κ2) is 11.2. The number of thiophene rings is 1. The van der Waals surface area contributed by atoms with Gasteiger partial charge in [-0.2, -0.15) is 0 Å². The molecule has 1 amide bonds. The van der Waals surface area contributed by atoms with E-state index in [4.69, 9.17) is 14.2 Å². The van der Waals surface area contributed by atoms with E-state index in [1.165, 1.54) is 22.3 Å². The van der Waals surface area contributed by atoms with E-state index in [9.17, 15) is 9.59 Å². The first-order chi connectivity index (χ1) is 15.5. The lowest BCUT2D eigenvalue weighted by Crippen LogP contribution is -2.15. The third-order valence-corrected chi connectivity index (χ3v) is 6.45. The summed E-state index contributed by atoms with van der Waals surface area (Å²) in [5.74, 6) is 0.922. The minimum atomic E-state index is -0.370. The van der Waals surface area contributed by atoms with Crippen molar-refractivity contribution in [3.05, 3.63) is 45.8 Å². The molecule has 7 heteroatoms. The van der Waals surface area contributed by atoms with Crippen molar-refractivity contribution >= 4 is 34.3 Å². The number of carbonyl (C=O) groups excluding carboxylic acids is 2. The monoisotopic (exact) mass is 457 g/mol. The van der Waals surface area contributed by atoms with Crippen molar-refractivity contribution in [2.75, 3.05) is 25.1 Å². The molecule has 0 saturated heterocycles. The maximum atomic E-state index is 12.7. The summed E-state index contributed by atoms with van der Waals surface area (Å²) in [6, 6.07) is 5.54. The van der Waals surface area contributed by atoms with E-state index >= 15 is 0 Å². The molecule has 1 aliphatic carbocycles. The van der Waals surface area contributed by atoms with Crippen LogP contribution in [0.1, 0.15) is 72.8 Å². The molecule has 0 saturated carbocycles. The Morgan fingerprint density at radius 3 is 2.59 bits per heavy atom. The van der Waals surface area contributed by atoms with Crippen LogP contribution in [0.2, 0.25) is 0 Å². The Balaban J connectivity index is 1.81. The van der Waals surface area contributed by atoms with Gasteiger partial charge in [0.25, 0.3) is 0 Å². The van der Waals surface area contributed by atoms with E-state index in [1.54, 1.807) is 13.0 Å². The molecule has 1 atom stereocenters. The molecule has 0 spiro atoms. The largest absolute Gasteiger partial charge is 0.490 e. The van der Waals surface area contributed by atoms with Crippen molar-refractivity contribution in [2.24, 2.45) is 0 Å². The van der Waals surface area contributed by atoms with E-state index in [2.05, 4.69) is 12.2 Å². The third kappa shape index (κ3) is 5.51. The number of rotatable bonds is 9. The zero-order valence-electron chi connectivity index (χ0n) is 19.2. The number of esters is 1. The minimum Gasteiger partial charge on any atom is -0.490 e. The van der Waals surface area contributed by atoms with Gasteiger partial charge in [0.2, 0.25) is 5.91 Å². The van der Waals surface area contributed by atoms with Gasteiger partial charge in [-0.1, -0.05) is 13.0 Å². The van der Waals surface area contributed by atoms with E-state index in [0.717, 1.165) is 30.4 Å². The van der Waals surface area contributed by atoms with Gasteiger partial charge < -0.3 is 19.5 Å². The van der Waals surface area contributed by atoms with Gasteiger partial charge in [-0.05, 0) is 75.3 Å². The standard InChI is InChI=1S/C25H31NO5S/c1-5-29-18-13-11-17(15-19(18)30-6-2)12-14-21(27)26-24-23(25(28)31-7-3)22-16(4)9-8-10-20(22)32-24/h11-16H,5-10H2,1-4H3,(H,26,27). The number of hydrogen-bond donors (Lipinski definition) is 1. The number of carbonyl (C=O) groups is 2. The molecule has 0 fully saturated rings. The van der Waals surface area contributed by atoms with Crippen LogP contribution in [-0.4, -0.2) is 31.7 Å². The Morgan fingerprint density at radius 2 is 1.88 bits per heavy atom. The molecule has 1 unspecified atom stereocenters. The predicted molar refractivity (Wildman–Crippen MR) is 128 cm³/mol. The summed E-state index contributed by atoms with van der Waals surface area (Å²) < 4.78 is 16.5. The summed E-state index contributed by atoms with van der Waals surface area (Å²) in [6.07, 6.45) is 6.22. The first-order valence-corrected chi connectivity index (χ1v) is 12.0. The summed E-state index contributed by atoms with van der Waals surface area (Å²) >= 11 is 1.48. The van der Waals surface area contributed by atoms with Gasteiger partial charge in [-0.3, -0.25) is 4.79 Å². The summed E-state index contributed by atoms with van der Waals surface area (Å²) in [4.78, 5) is 26.5. The van der Waals surface area contributed by atoms with Gasteiger partial charge in [-0.15, -0.1) is 11.3 Å². The molecule has 3 rings (SSSR count). The second-order valence-electron chi connectivity index (χ2n) is 7.55. The molecule has 1 heterocycles. The Labute approximate surface area is 193 Å². The van der Waals surface area contributed by atoms with Crippen LogP contribution in [0.15, 0.2) is 24.3 Å². The first-order valence-electron chi connectivity index (χ1n) is 11.2. The highest BCUT2D eigenvalue weighted by Gasteiger charge is 2.30. The van der Waals surface area contributed by atoms with Crippen molar-refractivity contribution in [1.29, 1.82) is 0 Å². The van der Waals surface area contributed by atoms with Gasteiger partial charge >= 0.3 is 5.97 Å². The van der Waals surface area contributed by atoms with Crippen LogP contribution in [-0.2, 0) is 16.0 Å². The highest BCUT2D eigenvalue weighted by atomic mass is 32.1. The number of ether oxygens (including phenoxy) is 3. The fourth-order valence-corrected chi connectivity index (χ4v) is 5.25. The Kier molecular flexibility index (Phi) is 8.33. The van der Waals surface area contributed by atoms with Crippen LogP contribution in [0.25, 0.3) is 6.08 Å². The van der Waals surface area contributed by atoms with Crippen LogP contribution in [0.4, 0.5) is 5.00 Å². The van der Waals surface area contributed by atoms with E-state index in [0.29, 0.717) is 41.9 Å². The van der Waals surface area contributed by atoms with Crippen molar-refractivity contribution in [3.63, 3.8) is 0 Å². The van der Waals surface area contributed by atoms with Gasteiger partial charge in [0.1, 0.15) is 5.00 Å². The van der Waals surface area contributed by atoms with Crippen molar-refractivity contribution < 1.29 is 23.8 Å². The molecular formula is C25H31NO5S. The number of hydrogen-bond acceptors (Lipinski definition) is 6. The molecule has 1 aromatic heterocycles. The maximum Gasteiger partial charge on any atom is 0.341 e. The summed E-state index contributed by atoms with van der Waals surface area (Å²) in [5, 5.41) is 3.47. The highest BCUT2D eigenvalue weighted by Crippen LogP contribution is 2.43. The van der Waals surface area contributed by atoms with Gasteiger partial charge in [0.15, 0.2) is 11.5 Å². The zero-order valence-corrected chi connectivity index (χ0v) is 20.0. The first kappa shape index (κ1) is 23.9. The van der Waals surface area contributed by atoms with Crippen molar-refractivity contribution in [3.8, 4) is 11.5 Å². The molecule has 172 valence electrons. The SMILES string of the molecule is CCOC(=O)c1c(NC(=O)C=Cc2ccc(OCC)c(OCC)c2)sc2c1C(C)CCC2. The Morgan fingerprint density at radius 1 is 1.12 bits per heavy atom. The van der Waals surface area contributed by atoms with Crippen LogP contribution < -0.4 is 14.8 Å². The van der Waals surface area contributed by atoms with Crippen LogP contribution in [0.3, 0.4) is 0 Å². The van der Waals surface area contributed by atoms with Gasteiger partial charge in [0, 0.05) is 11.0 Å². The molecular weight excluding hydrogens is 426 g/mol. The summed E-state index contributed by atoms with van der Waals surface area (Å²) in [6.45, 7) is 9.10. The molecule has 32 heavy (non-hydrogen) atoms. The predicted octanol–water partition coefficient (Wildman–Crippen LogP) is 5.81. The van der Waals surface area contributed by atoms with Crippen LogP contribution in [0.5, 0.6) is 11.5 Å². The van der Waals surface area contributed by atoms with Gasteiger partial charge in [-0.25, -0.2) is 4.79 Å². The summed E-state index contributed by atoms with van der Waals surface area (Å²) in [5.41, 5.74) is 2.36. The molecule has 0 bridgehead atoms. The lowest BCUT2D eigenvalue weighted by atomic mass is 9.86. The van der Waals surface area contributed by atoms with Crippen LogP contribution in [0, 0.1) is 0 Å². The number of anilines is 1. The second-order valence-corrected chi connectivity index (χ2v) is 8.66. The van der Waals surface area contributed by atoms with E-state index in [1.807, 2.05) is 32.0 Å². The average molecular weight is 458 g/mol.